The van der Waals surface area contributed by atoms with E-state index in [-0.39, 0.29) is 40.6 Å². The predicted octanol–water partition coefficient (Wildman–Crippen LogP) is 4.00. The van der Waals surface area contributed by atoms with Gasteiger partial charge in [-0.3, -0.25) is 9.67 Å². The molecule has 0 unspecified atom stereocenters. The number of nitrogens with zero attached hydrogens (tertiary/aromatic N) is 7. The van der Waals surface area contributed by atoms with Gasteiger partial charge in [0.25, 0.3) is 0 Å². The number of aromatic nitrogens is 4. The van der Waals surface area contributed by atoms with Crippen molar-refractivity contribution in [1.29, 1.82) is 5.26 Å². The summed E-state index contributed by atoms with van der Waals surface area (Å²) in [6, 6.07) is 13.5. The first-order valence-corrected chi connectivity index (χ1v) is 9.55. The molecule has 4 N–H and O–H groups in total. The van der Waals surface area contributed by atoms with Gasteiger partial charge in [-0.15, -0.1) is 5.11 Å². The summed E-state index contributed by atoms with van der Waals surface area (Å²) >= 11 is 0. The molecule has 0 aliphatic heterocycles. The molecule has 0 spiro atoms. The van der Waals surface area contributed by atoms with Gasteiger partial charge in [0.1, 0.15) is 18.4 Å². The van der Waals surface area contributed by atoms with Gasteiger partial charge >= 0.3 is 0 Å². The van der Waals surface area contributed by atoms with Crippen molar-refractivity contribution in [2.24, 2.45) is 17.3 Å². The Hall–Kier alpha value is -4.65. The molecule has 0 fully saturated rings. The minimum Gasteiger partial charge on any atom is -0.396 e. The molecule has 0 radical (unpaired) electrons. The number of pyridine rings is 2. The van der Waals surface area contributed by atoms with E-state index in [9.17, 15) is 5.26 Å². The van der Waals surface area contributed by atoms with E-state index in [4.69, 9.17) is 11.5 Å². The summed E-state index contributed by atoms with van der Waals surface area (Å²) in [5.74, 6) is -0.732. The van der Waals surface area contributed by atoms with Crippen molar-refractivity contribution in [2.45, 2.75) is 6.54 Å². The van der Waals surface area contributed by atoms with Crippen LogP contribution in [0.2, 0.25) is 0 Å². The molecule has 4 rings (SSSR count). The zero-order chi connectivity index (χ0) is 22.7. The minimum atomic E-state index is -0.714. The van der Waals surface area contributed by atoms with Gasteiger partial charge in [0.05, 0.1) is 33.9 Å². The third-order valence-electron chi connectivity index (χ3n) is 4.82. The van der Waals surface area contributed by atoms with Gasteiger partial charge in [-0.1, -0.05) is 12.1 Å². The zero-order valence-electron chi connectivity index (χ0n) is 17.1. The third-order valence-corrected chi connectivity index (χ3v) is 4.82. The number of hydrogen-bond donors (Lipinski definition) is 2. The van der Waals surface area contributed by atoms with Crippen LogP contribution in [0, 0.1) is 17.1 Å². The van der Waals surface area contributed by atoms with Gasteiger partial charge in [0.2, 0.25) is 0 Å². The first kappa shape index (κ1) is 20.6. The topological polar surface area (TPSA) is 144 Å². The van der Waals surface area contributed by atoms with Crippen molar-refractivity contribution in [3.8, 4) is 28.6 Å². The fourth-order valence-corrected chi connectivity index (χ4v) is 3.26. The number of anilines is 2. The summed E-state index contributed by atoms with van der Waals surface area (Å²) in [5.41, 5.74) is 14.8. The number of aryl methyl sites for hydroxylation is 1. The summed E-state index contributed by atoms with van der Waals surface area (Å²) in [7, 11) is 1.72. The molecule has 0 bridgehead atoms. The van der Waals surface area contributed by atoms with Gasteiger partial charge in [-0.2, -0.15) is 15.5 Å². The van der Waals surface area contributed by atoms with Crippen molar-refractivity contribution in [2.75, 3.05) is 11.5 Å². The van der Waals surface area contributed by atoms with Crippen molar-refractivity contribution >= 4 is 17.2 Å². The monoisotopic (exact) mass is 427 g/mol. The van der Waals surface area contributed by atoms with E-state index in [0.717, 1.165) is 5.69 Å². The van der Waals surface area contributed by atoms with Crippen LogP contribution in [0.3, 0.4) is 0 Å². The number of nitrogens with two attached hydrogens (primary N) is 2. The zero-order valence-corrected chi connectivity index (χ0v) is 17.1. The van der Waals surface area contributed by atoms with Gasteiger partial charge in [-0.05, 0) is 30.3 Å². The van der Waals surface area contributed by atoms with Crippen molar-refractivity contribution < 1.29 is 4.39 Å². The quantitative estimate of drug-likeness (QED) is 0.461. The normalized spacial score (nSPS) is 11.0. The second-order valence-electron chi connectivity index (χ2n) is 6.82. The van der Waals surface area contributed by atoms with Crippen LogP contribution in [0.4, 0.5) is 21.6 Å². The van der Waals surface area contributed by atoms with Crippen LogP contribution < -0.4 is 11.5 Å². The van der Waals surface area contributed by atoms with E-state index < -0.39 is 5.82 Å². The number of azo groups is 1. The molecular formula is C22H18FN9. The summed E-state index contributed by atoms with van der Waals surface area (Å²) in [6.07, 6.45) is 3.24. The van der Waals surface area contributed by atoms with Crippen LogP contribution in [-0.4, -0.2) is 19.7 Å². The fraction of sp³-hybridized carbons (Fsp3) is 0.0909. The maximum absolute atomic E-state index is 15.0. The molecule has 3 heterocycles. The molecule has 0 saturated carbocycles. The Bertz CT molecular complexity index is 1350. The molecule has 4 aromatic rings. The lowest BCUT2D eigenvalue weighted by Crippen LogP contribution is -2.05. The highest BCUT2D eigenvalue weighted by molar-refractivity contribution is 5.96. The van der Waals surface area contributed by atoms with Crippen molar-refractivity contribution in [1.82, 2.24) is 19.7 Å². The Kier molecular flexibility index (Phi) is 5.55. The first-order chi connectivity index (χ1) is 15.5. The molecule has 158 valence electrons. The van der Waals surface area contributed by atoms with E-state index in [2.05, 4.69) is 25.3 Å². The van der Waals surface area contributed by atoms with Gasteiger partial charge in [0.15, 0.2) is 11.5 Å². The summed E-state index contributed by atoms with van der Waals surface area (Å²) < 4.78 is 16.6. The van der Waals surface area contributed by atoms with Crippen LogP contribution in [0.5, 0.6) is 0 Å². The Morgan fingerprint density at radius 2 is 1.97 bits per heavy atom. The molecule has 0 aliphatic carbocycles. The number of rotatable bonds is 5. The number of nitrogen functional groups attached to an aromatic ring is 2. The summed E-state index contributed by atoms with van der Waals surface area (Å²) in [4.78, 5) is 8.59. The molecule has 32 heavy (non-hydrogen) atoms. The molecule has 3 aromatic heterocycles. The molecule has 9 nitrogen and oxygen atoms in total. The number of hydrogen-bond acceptors (Lipinski definition) is 8. The fourth-order valence-electron chi connectivity index (χ4n) is 3.26. The minimum absolute atomic E-state index is 0.0186. The van der Waals surface area contributed by atoms with E-state index in [1.807, 2.05) is 18.2 Å². The van der Waals surface area contributed by atoms with Gasteiger partial charge in [0, 0.05) is 25.0 Å². The molecular weight excluding hydrogens is 409 g/mol. The molecule has 10 heteroatoms. The van der Waals surface area contributed by atoms with Gasteiger partial charge < -0.3 is 11.5 Å². The third kappa shape index (κ3) is 3.75. The summed E-state index contributed by atoms with van der Waals surface area (Å²) in [6.45, 7) is 0.224. The van der Waals surface area contributed by atoms with Crippen LogP contribution in [0.25, 0.3) is 22.5 Å². The highest BCUT2D eigenvalue weighted by atomic mass is 19.1. The van der Waals surface area contributed by atoms with Crippen LogP contribution in [0.1, 0.15) is 11.3 Å². The lowest BCUT2D eigenvalue weighted by molar-refractivity contribution is 0.627. The van der Waals surface area contributed by atoms with E-state index in [1.165, 1.54) is 12.1 Å². The molecule has 0 saturated heterocycles. The average Bonchev–Trinajstić information content (AvgIpc) is 3.22. The lowest BCUT2D eigenvalue weighted by atomic mass is 9.98. The Labute approximate surface area is 182 Å². The number of benzene rings is 1. The maximum atomic E-state index is 15.0. The van der Waals surface area contributed by atoms with Crippen LogP contribution >= 0.6 is 0 Å². The highest BCUT2D eigenvalue weighted by Gasteiger charge is 2.24. The summed E-state index contributed by atoms with van der Waals surface area (Å²) in [5, 5.41) is 21.7. The van der Waals surface area contributed by atoms with Crippen molar-refractivity contribution in [3.05, 3.63) is 71.9 Å². The Morgan fingerprint density at radius 1 is 1.12 bits per heavy atom. The molecule has 1 aromatic carbocycles. The van der Waals surface area contributed by atoms with E-state index in [0.29, 0.717) is 11.3 Å². The second kappa shape index (κ2) is 8.61. The number of halogens is 1. The SMILES string of the molecule is Cn1nccc1-c1c(-c2cccc(C#N)c2F)nc(N)c(N=NCc2ccccn2)c1N. The Balaban J connectivity index is 1.89. The molecule has 0 atom stereocenters. The van der Waals surface area contributed by atoms with E-state index >= 15 is 4.39 Å². The van der Waals surface area contributed by atoms with Crippen LogP contribution in [-0.2, 0) is 13.6 Å². The first-order valence-electron chi connectivity index (χ1n) is 9.55. The standard InChI is InChI=1S/C22H18FN9/c1-32-16(8-10-29-32)17-19(25)21(31-28-12-14-6-2-3-9-27-14)22(26)30-20(17)15-7-4-5-13(11-24)18(15)23/h2-10H,12H2,1H3,(H4,25,26,30). The smallest absolute Gasteiger partial charge is 0.154 e. The Morgan fingerprint density at radius 3 is 2.66 bits per heavy atom. The number of nitriles is 1. The van der Waals surface area contributed by atoms with Crippen LogP contribution in [0.15, 0.2) is 65.1 Å². The largest absolute Gasteiger partial charge is 0.396 e. The van der Waals surface area contributed by atoms with E-state index in [1.54, 1.807) is 42.3 Å². The second-order valence-corrected chi connectivity index (χ2v) is 6.82. The predicted molar refractivity (Wildman–Crippen MR) is 118 cm³/mol. The maximum Gasteiger partial charge on any atom is 0.154 e. The lowest BCUT2D eigenvalue weighted by Gasteiger charge is -2.16. The highest BCUT2D eigenvalue weighted by Crippen LogP contribution is 2.43. The van der Waals surface area contributed by atoms with Gasteiger partial charge in [-0.25, -0.2) is 9.37 Å². The molecule has 0 amide bonds. The average molecular weight is 427 g/mol. The van der Waals surface area contributed by atoms with Crippen molar-refractivity contribution in [3.63, 3.8) is 0 Å². The molecule has 0 aliphatic rings.